The van der Waals surface area contributed by atoms with Crippen LogP contribution in [-0.2, 0) is 11.2 Å². The molecule has 2 N–H and O–H groups in total. The highest BCUT2D eigenvalue weighted by atomic mass is 35.5. The molecule has 0 unspecified atom stereocenters. The lowest BCUT2D eigenvalue weighted by atomic mass is 10.1. The molecular formula is C17H14ClN3O3. The van der Waals surface area contributed by atoms with Gasteiger partial charge in [0.25, 0.3) is 5.69 Å². The van der Waals surface area contributed by atoms with E-state index in [0.717, 1.165) is 16.5 Å². The van der Waals surface area contributed by atoms with Crippen molar-refractivity contribution in [3.05, 3.63) is 69.4 Å². The number of nitrogens with zero attached hydrogens (tertiary/aromatic N) is 1. The number of nitro groups is 1. The lowest BCUT2D eigenvalue weighted by Gasteiger charge is -2.05. The van der Waals surface area contributed by atoms with Crippen molar-refractivity contribution in [1.82, 2.24) is 4.98 Å². The maximum absolute atomic E-state index is 12.1. The number of nitro benzene ring substituents is 1. The Balaban J connectivity index is 1.66. The minimum Gasteiger partial charge on any atom is -0.361 e. The van der Waals surface area contributed by atoms with E-state index in [9.17, 15) is 14.9 Å². The van der Waals surface area contributed by atoms with Crippen LogP contribution < -0.4 is 5.32 Å². The molecule has 0 saturated carbocycles. The Bertz CT molecular complexity index is 920. The normalized spacial score (nSPS) is 10.7. The second-order valence-corrected chi connectivity index (χ2v) is 5.74. The van der Waals surface area contributed by atoms with Crippen molar-refractivity contribution >= 4 is 39.8 Å². The summed E-state index contributed by atoms with van der Waals surface area (Å²) >= 11 is 5.75. The summed E-state index contributed by atoms with van der Waals surface area (Å²) in [6.07, 6.45) is 2.74. The summed E-state index contributed by atoms with van der Waals surface area (Å²) in [5.74, 6) is -0.211. The fourth-order valence-corrected chi connectivity index (χ4v) is 2.73. The van der Waals surface area contributed by atoms with Crippen molar-refractivity contribution in [3.8, 4) is 0 Å². The number of carbonyl (C=O) groups is 1. The van der Waals surface area contributed by atoms with Gasteiger partial charge in [-0.2, -0.15) is 0 Å². The number of halogens is 1. The first-order chi connectivity index (χ1) is 11.5. The number of anilines is 1. The number of amides is 1. The molecule has 2 aromatic carbocycles. The Morgan fingerprint density at radius 1 is 1.25 bits per heavy atom. The summed E-state index contributed by atoms with van der Waals surface area (Å²) < 4.78 is 0. The van der Waals surface area contributed by atoms with Crippen molar-refractivity contribution in [3.63, 3.8) is 0 Å². The van der Waals surface area contributed by atoms with Crippen molar-refractivity contribution in [2.45, 2.75) is 12.8 Å². The van der Waals surface area contributed by atoms with E-state index in [1.807, 2.05) is 30.5 Å². The summed E-state index contributed by atoms with van der Waals surface area (Å²) in [7, 11) is 0. The SMILES string of the molecule is O=C(CCc1c[nH]c2ccccc12)Nc1ccc(Cl)c([N+](=O)[O-])c1. The number of hydrogen-bond donors (Lipinski definition) is 2. The first kappa shape index (κ1) is 16.0. The van der Waals surface area contributed by atoms with Gasteiger partial charge >= 0.3 is 0 Å². The van der Waals surface area contributed by atoms with E-state index < -0.39 is 4.92 Å². The number of carbonyl (C=O) groups excluding carboxylic acids is 1. The number of aromatic nitrogens is 1. The van der Waals surface area contributed by atoms with E-state index >= 15 is 0 Å². The van der Waals surface area contributed by atoms with E-state index in [-0.39, 0.29) is 23.0 Å². The number of para-hydroxylation sites is 1. The van der Waals surface area contributed by atoms with Gasteiger partial charge in [0, 0.05) is 35.3 Å². The average Bonchev–Trinajstić information content (AvgIpc) is 2.98. The van der Waals surface area contributed by atoms with Crippen molar-refractivity contribution in [2.75, 3.05) is 5.32 Å². The first-order valence-corrected chi connectivity index (χ1v) is 7.71. The molecular weight excluding hydrogens is 330 g/mol. The third-order valence-corrected chi connectivity index (χ3v) is 4.04. The molecule has 1 aromatic heterocycles. The standard InChI is InChI=1S/C17H14ClN3O3/c18-14-7-6-12(9-16(14)21(23)24)20-17(22)8-5-11-10-19-15-4-2-1-3-13(11)15/h1-4,6-7,9-10,19H,5,8H2,(H,20,22). The van der Waals surface area contributed by atoms with Crippen LogP contribution in [-0.4, -0.2) is 15.8 Å². The summed E-state index contributed by atoms with van der Waals surface area (Å²) in [5, 5.41) is 14.7. The van der Waals surface area contributed by atoms with Crippen LogP contribution in [0.15, 0.2) is 48.7 Å². The molecule has 1 heterocycles. The largest absolute Gasteiger partial charge is 0.361 e. The van der Waals surface area contributed by atoms with Crippen LogP contribution in [0.1, 0.15) is 12.0 Å². The average molecular weight is 344 g/mol. The molecule has 0 fully saturated rings. The van der Waals surface area contributed by atoms with E-state index in [0.29, 0.717) is 12.1 Å². The Hall–Kier alpha value is -2.86. The molecule has 0 spiro atoms. The van der Waals surface area contributed by atoms with Crippen LogP contribution >= 0.6 is 11.6 Å². The minimum absolute atomic E-state index is 0.0387. The monoisotopic (exact) mass is 343 g/mol. The molecule has 0 aliphatic heterocycles. The number of rotatable bonds is 5. The number of aryl methyl sites for hydroxylation is 1. The molecule has 0 atom stereocenters. The smallest absolute Gasteiger partial charge is 0.289 e. The maximum Gasteiger partial charge on any atom is 0.289 e. The molecule has 3 rings (SSSR count). The van der Waals surface area contributed by atoms with E-state index in [1.54, 1.807) is 6.07 Å². The quantitative estimate of drug-likeness (QED) is 0.534. The zero-order valence-electron chi connectivity index (χ0n) is 12.6. The van der Waals surface area contributed by atoms with Gasteiger partial charge in [0.15, 0.2) is 0 Å². The van der Waals surface area contributed by atoms with E-state index in [2.05, 4.69) is 10.3 Å². The fraction of sp³-hybridized carbons (Fsp3) is 0.118. The maximum atomic E-state index is 12.1. The van der Waals surface area contributed by atoms with Crippen molar-refractivity contribution < 1.29 is 9.72 Å². The van der Waals surface area contributed by atoms with Gasteiger partial charge in [-0.1, -0.05) is 29.8 Å². The number of H-pyrrole nitrogens is 1. The topological polar surface area (TPSA) is 88.0 Å². The third kappa shape index (κ3) is 3.38. The number of benzene rings is 2. The fourth-order valence-electron chi connectivity index (χ4n) is 2.54. The molecule has 3 aromatic rings. The number of fused-ring (bicyclic) bond motifs is 1. The van der Waals surface area contributed by atoms with Crippen LogP contribution in [0.25, 0.3) is 10.9 Å². The van der Waals surface area contributed by atoms with Crippen LogP contribution in [0.2, 0.25) is 5.02 Å². The predicted molar refractivity (Wildman–Crippen MR) is 93.4 cm³/mol. The van der Waals surface area contributed by atoms with Crippen molar-refractivity contribution in [1.29, 1.82) is 0 Å². The molecule has 0 aliphatic carbocycles. The minimum atomic E-state index is -0.579. The third-order valence-electron chi connectivity index (χ3n) is 3.72. The zero-order valence-corrected chi connectivity index (χ0v) is 13.3. The van der Waals surface area contributed by atoms with Crippen LogP contribution in [0, 0.1) is 10.1 Å². The second-order valence-electron chi connectivity index (χ2n) is 5.33. The van der Waals surface area contributed by atoms with Crippen LogP contribution in [0.4, 0.5) is 11.4 Å². The van der Waals surface area contributed by atoms with E-state index in [4.69, 9.17) is 11.6 Å². The number of aromatic amines is 1. The molecule has 0 saturated heterocycles. The molecule has 7 heteroatoms. The van der Waals surface area contributed by atoms with Gasteiger partial charge in [-0.05, 0) is 30.2 Å². The van der Waals surface area contributed by atoms with Crippen LogP contribution in [0.3, 0.4) is 0 Å². The van der Waals surface area contributed by atoms with Gasteiger partial charge in [0.1, 0.15) is 5.02 Å². The summed E-state index contributed by atoms with van der Waals surface area (Å²) in [4.78, 5) is 25.5. The summed E-state index contributed by atoms with van der Waals surface area (Å²) in [5.41, 5.74) is 2.21. The molecule has 0 radical (unpaired) electrons. The molecule has 1 amide bonds. The Kier molecular flexibility index (Phi) is 4.48. The molecule has 0 bridgehead atoms. The van der Waals surface area contributed by atoms with Gasteiger partial charge in [-0.15, -0.1) is 0 Å². The van der Waals surface area contributed by atoms with Crippen molar-refractivity contribution in [2.24, 2.45) is 0 Å². The Labute approximate surface area is 142 Å². The number of nitrogens with one attached hydrogen (secondary N) is 2. The van der Waals surface area contributed by atoms with Gasteiger partial charge in [-0.25, -0.2) is 0 Å². The second kappa shape index (κ2) is 6.72. The van der Waals surface area contributed by atoms with Gasteiger partial charge in [0.2, 0.25) is 5.91 Å². The van der Waals surface area contributed by atoms with Crippen LogP contribution in [0.5, 0.6) is 0 Å². The molecule has 24 heavy (non-hydrogen) atoms. The zero-order chi connectivity index (χ0) is 17.1. The van der Waals surface area contributed by atoms with Gasteiger partial charge in [-0.3, -0.25) is 14.9 Å². The lowest BCUT2D eigenvalue weighted by Crippen LogP contribution is -2.12. The highest BCUT2D eigenvalue weighted by Crippen LogP contribution is 2.27. The Morgan fingerprint density at radius 2 is 2.04 bits per heavy atom. The highest BCUT2D eigenvalue weighted by molar-refractivity contribution is 6.32. The van der Waals surface area contributed by atoms with Gasteiger partial charge < -0.3 is 10.3 Å². The Morgan fingerprint density at radius 3 is 2.83 bits per heavy atom. The number of hydrogen-bond acceptors (Lipinski definition) is 3. The highest BCUT2D eigenvalue weighted by Gasteiger charge is 2.14. The summed E-state index contributed by atoms with van der Waals surface area (Å²) in [6.45, 7) is 0. The summed E-state index contributed by atoms with van der Waals surface area (Å²) in [6, 6.07) is 12.1. The molecule has 122 valence electrons. The van der Waals surface area contributed by atoms with Gasteiger partial charge in [0.05, 0.1) is 4.92 Å². The lowest BCUT2D eigenvalue weighted by molar-refractivity contribution is -0.384. The molecule has 0 aliphatic rings. The van der Waals surface area contributed by atoms with E-state index in [1.165, 1.54) is 12.1 Å². The first-order valence-electron chi connectivity index (χ1n) is 7.33. The molecule has 6 nitrogen and oxygen atoms in total. The predicted octanol–water partition coefficient (Wildman–Crippen LogP) is 4.30.